The fourth-order valence-corrected chi connectivity index (χ4v) is 3.99. The number of rotatable bonds is 5. The van der Waals surface area contributed by atoms with Gasteiger partial charge in [0, 0.05) is 11.2 Å². The van der Waals surface area contributed by atoms with Gasteiger partial charge in [-0.05, 0) is 48.6 Å². The number of nitrogens with zero attached hydrogens (tertiary/aromatic N) is 1. The molecule has 0 saturated carbocycles. The summed E-state index contributed by atoms with van der Waals surface area (Å²) >= 11 is 7.84. The predicted octanol–water partition coefficient (Wildman–Crippen LogP) is 4.59. The number of carbonyl (C=O) groups excluding carboxylic acids is 1. The largest absolute Gasteiger partial charge is 0.350 e. The van der Waals surface area contributed by atoms with E-state index >= 15 is 0 Å². The third-order valence-electron chi connectivity index (χ3n) is 4.07. The second kappa shape index (κ2) is 7.34. The minimum atomic E-state index is -0.146. The molecule has 0 aliphatic carbocycles. The molecule has 0 saturated heterocycles. The quantitative estimate of drug-likeness (QED) is 0.723. The van der Waals surface area contributed by atoms with Gasteiger partial charge in [-0.15, -0.1) is 11.3 Å². The Bertz CT molecular complexity index is 859. The molecule has 0 radical (unpaired) electrons. The normalized spacial score (nSPS) is 12.5. The van der Waals surface area contributed by atoms with E-state index < -0.39 is 0 Å². The third-order valence-corrected chi connectivity index (χ3v) is 5.38. The van der Waals surface area contributed by atoms with Crippen molar-refractivity contribution in [2.75, 3.05) is 20.6 Å². The lowest BCUT2D eigenvalue weighted by Gasteiger charge is -2.24. The van der Waals surface area contributed by atoms with E-state index in [1.807, 2.05) is 38.4 Å². The van der Waals surface area contributed by atoms with Gasteiger partial charge >= 0.3 is 0 Å². The number of hydrogen-bond acceptors (Lipinski definition) is 3. The highest BCUT2D eigenvalue weighted by molar-refractivity contribution is 7.17. The summed E-state index contributed by atoms with van der Waals surface area (Å²) in [5.74, 6) is -0.146. The molecule has 1 N–H and O–H groups in total. The smallest absolute Gasteiger partial charge is 0.252 e. The molecule has 0 bridgehead atoms. The van der Waals surface area contributed by atoms with Crippen molar-refractivity contribution in [2.45, 2.75) is 6.04 Å². The first-order chi connectivity index (χ1) is 11.6. The van der Waals surface area contributed by atoms with E-state index in [1.165, 1.54) is 15.6 Å². The van der Waals surface area contributed by atoms with E-state index in [2.05, 4.69) is 27.7 Å². The van der Waals surface area contributed by atoms with Gasteiger partial charge in [0.15, 0.2) is 0 Å². The zero-order chi connectivity index (χ0) is 17.1. The molecule has 3 nitrogen and oxygen atoms in total. The fourth-order valence-electron chi connectivity index (χ4n) is 2.76. The molecular weight excluding hydrogens is 340 g/mol. The summed E-state index contributed by atoms with van der Waals surface area (Å²) in [4.78, 5) is 14.5. The monoisotopic (exact) mass is 358 g/mol. The average molecular weight is 359 g/mol. The number of likely N-dealkylation sites (N-methyl/N-ethyl adjacent to an activating group) is 1. The van der Waals surface area contributed by atoms with Crippen LogP contribution in [-0.4, -0.2) is 31.4 Å². The number of carbonyl (C=O) groups is 1. The molecule has 0 aliphatic rings. The van der Waals surface area contributed by atoms with Gasteiger partial charge in [-0.25, -0.2) is 0 Å². The zero-order valence-electron chi connectivity index (χ0n) is 13.6. The molecule has 3 aromatic rings. The Hall–Kier alpha value is -1.88. The Morgan fingerprint density at radius 3 is 2.62 bits per heavy atom. The van der Waals surface area contributed by atoms with Gasteiger partial charge in [0.25, 0.3) is 5.91 Å². The second-order valence-electron chi connectivity index (χ2n) is 5.86. The summed E-state index contributed by atoms with van der Waals surface area (Å²) < 4.78 is 1.26. The van der Waals surface area contributed by atoms with Crippen LogP contribution >= 0.6 is 22.9 Å². The summed E-state index contributed by atoms with van der Waals surface area (Å²) in [6.45, 7) is 0.526. The van der Waals surface area contributed by atoms with Crippen LogP contribution in [0.25, 0.3) is 10.1 Å². The lowest BCUT2D eigenvalue weighted by atomic mass is 10.0. The summed E-state index contributed by atoms with van der Waals surface area (Å²) in [5.41, 5.74) is 1.74. The number of fused-ring (bicyclic) bond motifs is 1. The van der Waals surface area contributed by atoms with Gasteiger partial charge in [0.1, 0.15) is 0 Å². The molecular formula is C19H19ClN2OS. The van der Waals surface area contributed by atoms with E-state index in [0.29, 0.717) is 17.1 Å². The molecule has 24 heavy (non-hydrogen) atoms. The maximum atomic E-state index is 12.4. The van der Waals surface area contributed by atoms with E-state index in [9.17, 15) is 4.79 Å². The van der Waals surface area contributed by atoms with Crippen molar-refractivity contribution in [1.82, 2.24) is 10.2 Å². The number of benzene rings is 2. The van der Waals surface area contributed by atoms with E-state index in [-0.39, 0.29) is 11.9 Å². The first-order valence-electron chi connectivity index (χ1n) is 7.73. The van der Waals surface area contributed by atoms with Crippen molar-refractivity contribution < 1.29 is 4.79 Å². The van der Waals surface area contributed by atoms with Crippen molar-refractivity contribution in [2.24, 2.45) is 0 Å². The van der Waals surface area contributed by atoms with Crippen molar-refractivity contribution in [3.05, 3.63) is 70.1 Å². The lowest BCUT2D eigenvalue weighted by Crippen LogP contribution is -2.34. The molecule has 2 aromatic carbocycles. The molecule has 1 aromatic heterocycles. The number of hydrogen-bond donors (Lipinski definition) is 1. The maximum absolute atomic E-state index is 12.4. The van der Waals surface area contributed by atoms with Gasteiger partial charge in [-0.1, -0.05) is 41.9 Å². The van der Waals surface area contributed by atoms with Crippen molar-refractivity contribution in [3.8, 4) is 0 Å². The van der Waals surface area contributed by atoms with Gasteiger partial charge in [-0.3, -0.25) is 4.79 Å². The Labute approximate surface area is 150 Å². The van der Waals surface area contributed by atoms with Gasteiger partial charge in [0.05, 0.1) is 16.6 Å². The Kier molecular flexibility index (Phi) is 5.19. The third kappa shape index (κ3) is 3.46. The molecule has 3 rings (SSSR count). The molecule has 0 aliphatic heterocycles. The van der Waals surface area contributed by atoms with Crippen LogP contribution in [0.5, 0.6) is 0 Å². The van der Waals surface area contributed by atoms with Crippen LogP contribution in [-0.2, 0) is 0 Å². The topological polar surface area (TPSA) is 32.3 Å². The Balaban J connectivity index is 1.80. The summed E-state index contributed by atoms with van der Waals surface area (Å²) in [6.07, 6.45) is 0. The highest BCUT2D eigenvalue weighted by Gasteiger charge is 2.19. The number of amides is 1. The van der Waals surface area contributed by atoms with Gasteiger partial charge in [0.2, 0.25) is 0 Å². The fraction of sp³-hybridized carbons (Fsp3) is 0.211. The van der Waals surface area contributed by atoms with E-state index in [0.717, 1.165) is 0 Å². The SMILES string of the molecule is CN(C)[C@@H](CNC(=O)c1ccccc1Cl)c1csc2ccccc12. The Morgan fingerprint density at radius 1 is 1.17 bits per heavy atom. The molecule has 0 fully saturated rings. The Morgan fingerprint density at radius 2 is 1.88 bits per heavy atom. The molecule has 5 heteroatoms. The standard InChI is InChI=1S/C19H19ClN2OS/c1-22(2)17(15-12-24-18-10-6-4-7-13(15)18)11-21-19(23)14-8-3-5-9-16(14)20/h3-10,12,17H,11H2,1-2H3,(H,21,23)/t17-/m0/s1. The first-order valence-corrected chi connectivity index (χ1v) is 8.99. The lowest BCUT2D eigenvalue weighted by molar-refractivity contribution is 0.0942. The van der Waals surface area contributed by atoms with Crippen LogP contribution in [0.15, 0.2) is 53.9 Å². The molecule has 0 unspecified atom stereocenters. The highest BCUT2D eigenvalue weighted by Crippen LogP contribution is 2.32. The zero-order valence-corrected chi connectivity index (χ0v) is 15.2. The minimum absolute atomic E-state index is 0.104. The van der Waals surface area contributed by atoms with Crippen LogP contribution in [0.1, 0.15) is 22.0 Å². The number of thiophene rings is 1. The van der Waals surface area contributed by atoms with Gasteiger partial charge < -0.3 is 10.2 Å². The number of halogens is 1. The molecule has 1 atom stereocenters. The second-order valence-corrected chi connectivity index (χ2v) is 7.17. The van der Waals surface area contributed by atoms with Crippen LogP contribution in [0.3, 0.4) is 0 Å². The molecule has 1 heterocycles. The summed E-state index contributed by atoms with van der Waals surface area (Å²) in [5, 5.41) is 6.90. The van der Waals surface area contributed by atoms with Crippen molar-refractivity contribution >= 4 is 38.9 Å². The van der Waals surface area contributed by atoms with Crippen LogP contribution in [0.4, 0.5) is 0 Å². The van der Waals surface area contributed by atoms with Crippen molar-refractivity contribution in [1.29, 1.82) is 0 Å². The summed E-state index contributed by atoms with van der Waals surface area (Å²) in [6, 6.07) is 15.6. The average Bonchev–Trinajstić information content (AvgIpc) is 2.99. The van der Waals surface area contributed by atoms with Crippen LogP contribution in [0, 0.1) is 0 Å². The van der Waals surface area contributed by atoms with Crippen LogP contribution in [0.2, 0.25) is 5.02 Å². The molecule has 0 spiro atoms. The minimum Gasteiger partial charge on any atom is -0.350 e. The van der Waals surface area contributed by atoms with Crippen molar-refractivity contribution in [3.63, 3.8) is 0 Å². The van der Waals surface area contributed by atoms with Gasteiger partial charge in [-0.2, -0.15) is 0 Å². The number of nitrogens with one attached hydrogen (secondary N) is 1. The summed E-state index contributed by atoms with van der Waals surface area (Å²) in [7, 11) is 4.05. The first kappa shape index (κ1) is 17.0. The van der Waals surface area contributed by atoms with E-state index in [4.69, 9.17) is 11.6 Å². The molecule has 124 valence electrons. The predicted molar refractivity (Wildman–Crippen MR) is 102 cm³/mol. The van der Waals surface area contributed by atoms with Crippen LogP contribution < -0.4 is 5.32 Å². The van der Waals surface area contributed by atoms with E-state index in [1.54, 1.807) is 23.5 Å². The maximum Gasteiger partial charge on any atom is 0.252 e. The molecule has 1 amide bonds. The highest BCUT2D eigenvalue weighted by atomic mass is 35.5.